The van der Waals surface area contributed by atoms with Crippen LogP contribution >= 0.6 is 0 Å². The van der Waals surface area contributed by atoms with E-state index < -0.39 is 5.60 Å². The van der Waals surface area contributed by atoms with Crippen LogP contribution in [-0.4, -0.2) is 10.7 Å². The van der Waals surface area contributed by atoms with Crippen molar-refractivity contribution < 1.29 is 5.11 Å². The number of hydrogen-bond acceptors (Lipinski definition) is 1. The van der Waals surface area contributed by atoms with Crippen molar-refractivity contribution >= 4 is 0 Å². The number of fused-ring (bicyclic) bond motifs is 2. The molecule has 0 spiro atoms. The van der Waals surface area contributed by atoms with Crippen LogP contribution in [0.25, 0.3) is 0 Å². The molecule has 0 aromatic carbocycles. The van der Waals surface area contributed by atoms with Gasteiger partial charge in [-0.15, -0.1) is 0 Å². The molecule has 0 radical (unpaired) electrons. The largest absolute Gasteiger partial charge is 0.385 e. The maximum absolute atomic E-state index is 10.8. The molecule has 0 aliphatic heterocycles. The van der Waals surface area contributed by atoms with E-state index in [2.05, 4.69) is 27.4 Å². The summed E-state index contributed by atoms with van der Waals surface area (Å²) in [7, 11) is 0. The molecule has 2 bridgehead atoms. The van der Waals surface area contributed by atoms with Gasteiger partial charge in [0, 0.05) is 0 Å². The average molecular weight is 222 g/mol. The van der Waals surface area contributed by atoms with E-state index in [9.17, 15) is 5.11 Å². The molecule has 2 aliphatic carbocycles. The Bertz CT molecular complexity index is 292. The quantitative estimate of drug-likeness (QED) is 0.564. The third-order valence-electron chi connectivity index (χ3n) is 5.28. The molecule has 3 atom stereocenters. The maximum Gasteiger partial charge on any atom is 0.0890 e. The average Bonchev–Trinajstić information content (AvgIpc) is 2.62. The van der Waals surface area contributed by atoms with Crippen molar-refractivity contribution in [2.45, 2.75) is 64.9 Å². The van der Waals surface area contributed by atoms with Crippen molar-refractivity contribution in [2.24, 2.45) is 17.3 Å². The molecule has 2 saturated carbocycles. The third-order valence-corrected chi connectivity index (χ3v) is 5.28. The number of hydrogen-bond donors (Lipinski definition) is 1. The highest BCUT2D eigenvalue weighted by Gasteiger charge is 2.62. The van der Waals surface area contributed by atoms with Gasteiger partial charge in [-0.2, -0.15) is 0 Å². The van der Waals surface area contributed by atoms with E-state index in [4.69, 9.17) is 0 Å². The van der Waals surface area contributed by atoms with Gasteiger partial charge in [-0.05, 0) is 42.1 Å². The maximum atomic E-state index is 10.8. The van der Waals surface area contributed by atoms with Crippen molar-refractivity contribution in [3.8, 4) is 0 Å². The molecule has 1 heteroatoms. The number of unbranched alkanes of at least 4 members (excludes halogenated alkanes) is 2. The molecule has 2 aliphatic rings. The van der Waals surface area contributed by atoms with Gasteiger partial charge >= 0.3 is 0 Å². The molecule has 0 heterocycles. The van der Waals surface area contributed by atoms with Crippen LogP contribution in [0, 0.1) is 17.3 Å². The van der Waals surface area contributed by atoms with Crippen molar-refractivity contribution in [1.29, 1.82) is 0 Å². The van der Waals surface area contributed by atoms with E-state index in [1.807, 2.05) is 0 Å². The Morgan fingerprint density at radius 1 is 1.38 bits per heavy atom. The Labute approximate surface area is 99.9 Å². The molecular weight excluding hydrogens is 196 g/mol. The summed E-state index contributed by atoms with van der Waals surface area (Å²) in [6.45, 7) is 11.0. The lowest BCUT2D eigenvalue weighted by Crippen LogP contribution is -2.34. The van der Waals surface area contributed by atoms with E-state index in [1.54, 1.807) is 0 Å². The summed E-state index contributed by atoms with van der Waals surface area (Å²) >= 11 is 0. The Kier molecular flexibility index (Phi) is 2.94. The molecule has 16 heavy (non-hydrogen) atoms. The number of aliphatic hydroxyl groups is 1. The first-order valence-corrected chi connectivity index (χ1v) is 6.87. The fraction of sp³-hybridized carbons (Fsp3) is 0.867. The molecular formula is C15H26O. The second-order valence-corrected chi connectivity index (χ2v) is 6.37. The normalized spacial score (nSPS) is 40.6. The molecule has 2 fully saturated rings. The van der Waals surface area contributed by atoms with E-state index in [1.165, 1.54) is 32.1 Å². The van der Waals surface area contributed by atoms with Gasteiger partial charge in [0.2, 0.25) is 0 Å². The molecule has 0 saturated heterocycles. The first-order valence-electron chi connectivity index (χ1n) is 6.87. The third kappa shape index (κ3) is 1.48. The summed E-state index contributed by atoms with van der Waals surface area (Å²) in [6.07, 6.45) is 7.17. The zero-order valence-electron chi connectivity index (χ0n) is 11.1. The standard InChI is InChI=1S/C15H26O/c1-5-6-7-8-13-12-9-10-15(13,16)11(2)14(12,3)4/h12-13,16H,2,5-10H2,1,3-4H3/t12-,13-,15+/m1/s1. The summed E-state index contributed by atoms with van der Waals surface area (Å²) in [5, 5.41) is 10.8. The molecule has 0 unspecified atom stereocenters. The van der Waals surface area contributed by atoms with Crippen LogP contribution in [-0.2, 0) is 0 Å². The summed E-state index contributed by atoms with van der Waals surface area (Å²) in [4.78, 5) is 0. The van der Waals surface area contributed by atoms with E-state index in [0.29, 0.717) is 11.8 Å². The SMILES string of the molecule is C=C1C(C)(C)[C@@H]2CC[C@@]1(O)[C@@H]2CCCCC. The van der Waals surface area contributed by atoms with E-state index in [0.717, 1.165) is 12.0 Å². The second kappa shape index (κ2) is 3.87. The Hall–Kier alpha value is -0.300. The topological polar surface area (TPSA) is 20.2 Å². The second-order valence-electron chi connectivity index (χ2n) is 6.37. The summed E-state index contributed by atoms with van der Waals surface area (Å²) < 4.78 is 0. The highest BCUT2D eigenvalue weighted by atomic mass is 16.3. The monoisotopic (exact) mass is 222 g/mol. The van der Waals surface area contributed by atoms with Gasteiger partial charge < -0.3 is 5.11 Å². The zero-order valence-corrected chi connectivity index (χ0v) is 11.1. The highest BCUT2D eigenvalue weighted by Crippen LogP contribution is 2.64. The van der Waals surface area contributed by atoms with Crippen LogP contribution in [0.1, 0.15) is 59.3 Å². The smallest absolute Gasteiger partial charge is 0.0890 e. The highest BCUT2D eigenvalue weighted by molar-refractivity contribution is 5.34. The van der Waals surface area contributed by atoms with Gasteiger partial charge in [-0.1, -0.05) is 46.6 Å². The molecule has 2 rings (SSSR count). The van der Waals surface area contributed by atoms with Crippen molar-refractivity contribution in [2.75, 3.05) is 0 Å². The Morgan fingerprint density at radius 2 is 2.06 bits per heavy atom. The van der Waals surface area contributed by atoms with Gasteiger partial charge in [0.1, 0.15) is 0 Å². The lowest BCUT2D eigenvalue weighted by Gasteiger charge is -2.34. The summed E-state index contributed by atoms with van der Waals surface area (Å²) in [5.41, 5.74) is 0.740. The zero-order chi connectivity index (χ0) is 12.0. The van der Waals surface area contributed by atoms with Gasteiger partial charge in [0.25, 0.3) is 0 Å². The minimum Gasteiger partial charge on any atom is -0.385 e. The first-order chi connectivity index (χ1) is 7.44. The fourth-order valence-corrected chi connectivity index (χ4v) is 4.17. The molecule has 92 valence electrons. The Morgan fingerprint density at radius 3 is 2.56 bits per heavy atom. The van der Waals surface area contributed by atoms with Crippen molar-refractivity contribution in [3.63, 3.8) is 0 Å². The van der Waals surface area contributed by atoms with Gasteiger partial charge in [0.15, 0.2) is 0 Å². The van der Waals surface area contributed by atoms with Crippen LogP contribution in [0.2, 0.25) is 0 Å². The van der Waals surface area contributed by atoms with Crippen LogP contribution in [0.3, 0.4) is 0 Å². The summed E-state index contributed by atoms with van der Waals surface area (Å²) in [5.74, 6) is 1.16. The molecule has 1 nitrogen and oxygen atoms in total. The molecule has 0 amide bonds. The predicted octanol–water partition coefficient (Wildman–Crippen LogP) is 3.92. The minimum absolute atomic E-state index is 0.157. The predicted molar refractivity (Wildman–Crippen MR) is 68.2 cm³/mol. The summed E-state index contributed by atoms with van der Waals surface area (Å²) in [6, 6.07) is 0. The number of rotatable bonds is 4. The lowest BCUT2D eigenvalue weighted by molar-refractivity contribution is 0.0439. The van der Waals surface area contributed by atoms with Crippen molar-refractivity contribution in [3.05, 3.63) is 12.2 Å². The van der Waals surface area contributed by atoms with Crippen LogP contribution in [0.15, 0.2) is 12.2 Å². The Balaban J connectivity index is 2.13. The van der Waals surface area contributed by atoms with Gasteiger partial charge in [0.05, 0.1) is 5.60 Å². The molecule has 1 N–H and O–H groups in total. The minimum atomic E-state index is -0.526. The molecule has 0 aromatic heterocycles. The fourth-order valence-electron chi connectivity index (χ4n) is 4.17. The van der Waals surface area contributed by atoms with Crippen LogP contribution in [0.5, 0.6) is 0 Å². The van der Waals surface area contributed by atoms with Crippen LogP contribution in [0.4, 0.5) is 0 Å². The van der Waals surface area contributed by atoms with Gasteiger partial charge in [-0.25, -0.2) is 0 Å². The van der Waals surface area contributed by atoms with E-state index >= 15 is 0 Å². The van der Waals surface area contributed by atoms with Gasteiger partial charge in [-0.3, -0.25) is 0 Å². The van der Waals surface area contributed by atoms with Crippen molar-refractivity contribution in [1.82, 2.24) is 0 Å². The van der Waals surface area contributed by atoms with E-state index in [-0.39, 0.29) is 5.41 Å². The van der Waals surface area contributed by atoms with Crippen LogP contribution < -0.4 is 0 Å². The first kappa shape index (κ1) is 12.2. The lowest BCUT2D eigenvalue weighted by atomic mass is 9.72. The molecule has 0 aromatic rings.